The fraction of sp³-hybridized carbons (Fsp3) is 0.625. The third-order valence-electron chi connectivity index (χ3n) is 4.39. The highest BCUT2D eigenvalue weighted by Gasteiger charge is 2.34. The van der Waals surface area contributed by atoms with Gasteiger partial charge in [-0.3, -0.25) is 4.79 Å². The van der Waals surface area contributed by atoms with Gasteiger partial charge in [-0.1, -0.05) is 0 Å². The van der Waals surface area contributed by atoms with Crippen molar-refractivity contribution in [3.8, 4) is 0 Å². The van der Waals surface area contributed by atoms with E-state index < -0.39 is 5.51 Å². The SMILES string of the molecule is Cl.O=C(c1cccnc1SC(F)(F)F)N1CCC(NCC2CC2)CC1. The summed E-state index contributed by atoms with van der Waals surface area (Å²) in [4.78, 5) is 17.9. The van der Waals surface area contributed by atoms with Crippen LogP contribution < -0.4 is 5.32 Å². The third kappa shape index (κ3) is 6.04. The fourth-order valence-corrected chi connectivity index (χ4v) is 3.45. The van der Waals surface area contributed by atoms with Gasteiger partial charge in [0, 0.05) is 37.1 Å². The molecule has 2 aliphatic rings. The van der Waals surface area contributed by atoms with Crippen molar-refractivity contribution < 1.29 is 18.0 Å². The van der Waals surface area contributed by atoms with E-state index in [1.165, 1.54) is 31.2 Å². The fourth-order valence-electron chi connectivity index (χ4n) is 2.86. The van der Waals surface area contributed by atoms with Crippen molar-refractivity contribution in [1.29, 1.82) is 0 Å². The number of carbonyl (C=O) groups excluding carboxylic acids is 1. The first-order chi connectivity index (χ1) is 11.4. The van der Waals surface area contributed by atoms with E-state index in [-0.39, 0.29) is 40.7 Å². The largest absolute Gasteiger partial charge is 0.447 e. The maximum atomic E-state index is 12.6. The molecule has 9 heteroatoms. The van der Waals surface area contributed by atoms with E-state index in [1.807, 2.05) is 0 Å². The molecule has 2 fully saturated rings. The first-order valence-electron chi connectivity index (χ1n) is 8.16. The Hall–Kier alpha value is -0.990. The normalized spacial score (nSPS) is 18.8. The Morgan fingerprint density at radius 2 is 1.96 bits per heavy atom. The zero-order valence-electron chi connectivity index (χ0n) is 13.6. The van der Waals surface area contributed by atoms with E-state index in [9.17, 15) is 18.0 Å². The highest BCUT2D eigenvalue weighted by molar-refractivity contribution is 8.00. The third-order valence-corrected chi connectivity index (χ3v) is 5.14. The van der Waals surface area contributed by atoms with Gasteiger partial charge in [0.1, 0.15) is 5.03 Å². The molecule has 0 radical (unpaired) electrons. The van der Waals surface area contributed by atoms with Gasteiger partial charge in [-0.05, 0) is 50.3 Å². The van der Waals surface area contributed by atoms with Crippen LogP contribution in [0.1, 0.15) is 36.0 Å². The number of likely N-dealkylation sites (tertiary alicyclic amines) is 1. The van der Waals surface area contributed by atoms with Crippen LogP contribution in [0.5, 0.6) is 0 Å². The highest BCUT2D eigenvalue weighted by atomic mass is 35.5. The number of amides is 1. The summed E-state index contributed by atoms with van der Waals surface area (Å²) in [7, 11) is 0. The van der Waals surface area contributed by atoms with Crippen LogP contribution in [0.2, 0.25) is 0 Å². The van der Waals surface area contributed by atoms with E-state index >= 15 is 0 Å². The Bertz CT molecular complexity index is 590. The molecule has 4 nitrogen and oxygen atoms in total. The molecule has 1 aromatic rings. The smallest absolute Gasteiger partial charge is 0.338 e. The van der Waals surface area contributed by atoms with Gasteiger partial charge in [-0.15, -0.1) is 12.4 Å². The van der Waals surface area contributed by atoms with Crippen molar-refractivity contribution in [2.24, 2.45) is 5.92 Å². The maximum absolute atomic E-state index is 12.6. The van der Waals surface area contributed by atoms with E-state index in [4.69, 9.17) is 0 Å². The molecule has 0 spiro atoms. The molecule has 3 rings (SSSR count). The minimum atomic E-state index is -4.46. The maximum Gasteiger partial charge on any atom is 0.447 e. The summed E-state index contributed by atoms with van der Waals surface area (Å²) in [6, 6.07) is 3.31. The van der Waals surface area contributed by atoms with Crippen LogP contribution in [-0.2, 0) is 0 Å². The van der Waals surface area contributed by atoms with Crippen LogP contribution >= 0.6 is 24.2 Å². The molecule has 1 amide bonds. The number of pyridine rings is 1. The van der Waals surface area contributed by atoms with E-state index in [0.29, 0.717) is 19.1 Å². The Morgan fingerprint density at radius 1 is 1.28 bits per heavy atom. The lowest BCUT2D eigenvalue weighted by atomic mass is 10.0. The van der Waals surface area contributed by atoms with Crippen LogP contribution in [0.25, 0.3) is 0 Å². The summed E-state index contributed by atoms with van der Waals surface area (Å²) in [6.07, 6.45) is 5.54. The summed E-state index contributed by atoms with van der Waals surface area (Å²) in [5.74, 6) is 0.442. The van der Waals surface area contributed by atoms with Crippen molar-refractivity contribution in [1.82, 2.24) is 15.2 Å². The number of hydrogen-bond donors (Lipinski definition) is 1. The Labute approximate surface area is 155 Å². The number of halogens is 4. The average molecular weight is 396 g/mol. The molecule has 1 saturated heterocycles. The van der Waals surface area contributed by atoms with Crippen molar-refractivity contribution in [3.63, 3.8) is 0 Å². The minimum absolute atomic E-state index is 0. The Kier molecular flexibility index (Phi) is 6.99. The minimum Gasteiger partial charge on any atom is -0.338 e. The molecule has 1 aliphatic heterocycles. The molecule has 1 aliphatic carbocycles. The number of rotatable bonds is 5. The van der Waals surface area contributed by atoms with Gasteiger partial charge in [-0.25, -0.2) is 4.98 Å². The molecule has 1 N–H and O–H groups in total. The van der Waals surface area contributed by atoms with Crippen LogP contribution in [0, 0.1) is 5.92 Å². The number of piperidine rings is 1. The molecule has 25 heavy (non-hydrogen) atoms. The summed E-state index contributed by atoms with van der Waals surface area (Å²) in [6.45, 7) is 2.16. The predicted octanol–water partition coefficient (Wildman–Crippen LogP) is 3.72. The second-order valence-corrected chi connectivity index (χ2v) is 7.38. The van der Waals surface area contributed by atoms with Crippen LogP contribution in [0.3, 0.4) is 0 Å². The van der Waals surface area contributed by atoms with Crippen molar-refractivity contribution in [2.75, 3.05) is 19.6 Å². The van der Waals surface area contributed by atoms with E-state index in [0.717, 1.165) is 25.3 Å². The van der Waals surface area contributed by atoms with Gasteiger partial charge in [0.05, 0.1) is 5.56 Å². The molecule has 0 atom stereocenters. The topological polar surface area (TPSA) is 45.2 Å². The lowest BCUT2D eigenvalue weighted by Gasteiger charge is -2.33. The summed E-state index contributed by atoms with van der Waals surface area (Å²) in [5, 5.41) is 3.25. The summed E-state index contributed by atoms with van der Waals surface area (Å²) < 4.78 is 37.9. The lowest BCUT2D eigenvalue weighted by molar-refractivity contribution is -0.0329. The first kappa shape index (κ1) is 20.3. The number of nitrogens with one attached hydrogen (secondary N) is 1. The van der Waals surface area contributed by atoms with Gasteiger partial charge in [0.2, 0.25) is 0 Å². The van der Waals surface area contributed by atoms with E-state index in [1.54, 1.807) is 4.90 Å². The summed E-state index contributed by atoms with van der Waals surface area (Å²) in [5.41, 5.74) is -4.42. The molecule has 0 bridgehead atoms. The number of hydrogen-bond acceptors (Lipinski definition) is 4. The first-order valence-corrected chi connectivity index (χ1v) is 8.97. The van der Waals surface area contributed by atoms with Crippen molar-refractivity contribution >= 4 is 30.1 Å². The Balaban J connectivity index is 0.00000225. The molecule has 0 aromatic carbocycles. The number of thioether (sulfide) groups is 1. The number of carbonyl (C=O) groups is 1. The highest BCUT2D eigenvalue weighted by Crippen LogP contribution is 2.37. The Morgan fingerprint density at radius 3 is 2.56 bits per heavy atom. The number of nitrogens with zero attached hydrogens (tertiary/aromatic N) is 2. The predicted molar refractivity (Wildman–Crippen MR) is 93.0 cm³/mol. The van der Waals surface area contributed by atoms with Gasteiger partial charge in [0.25, 0.3) is 5.91 Å². The lowest BCUT2D eigenvalue weighted by Crippen LogP contribution is -2.45. The standard InChI is InChI=1S/C16H20F3N3OS.ClH/c17-16(18,19)24-14-13(2-1-7-20-14)15(23)22-8-5-12(6-9-22)21-10-11-3-4-11;/h1-2,7,11-12,21H,3-6,8-10H2;1H. The zero-order valence-corrected chi connectivity index (χ0v) is 15.2. The molecule has 0 unspecified atom stereocenters. The van der Waals surface area contributed by atoms with Crippen LogP contribution in [0.4, 0.5) is 13.2 Å². The second-order valence-electron chi connectivity index (χ2n) is 6.32. The molecular formula is C16H21ClF3N3OS. The van der Waals surface area contributed by atoms with Gasteiger partial charge in [-0.2, -0.15) is 13.2 Å². The number of aromatic nitrogens is 1. The zero-order chi connectivity index (χ0) is 17.2. The second kappa shape index (κ2) is 8.60. The summed E-state index contributed by atoms with van der Waals surface area (Å²) >= 11 is -0.332. The van der Waals surface area contributed by atoms with Crippen LogP contribution in [0.15, 0.2) is 23.4 Å². The van der Waals surface area contributed by atoms with Gasteiger partial charge >= 0.3 is 5.51 Å². The van der Waals surface area contributed by atoms with Crippen LogP contribution in [-0.4, -0.2) is 47.0 Å². The van der Waals surface area contributed by atoms with Crippen molar-refractivity contribution in [2.45, 2.75) is 42.3 Å². The molecule has 1 aromatic heterocycles. The molecule has 1 saturated carbocycles. The van der Waals surface area contributed by atoms with Gasteiger partial charge < -0.3 is 10.2 Å². The quantitative estimate of drug-likeness (QED) is 0.772. The molecule has 140 valence electrons. The molecule has 2 heterocycles. The van der Waals surface area contributed by atoms with Gasteiger partial charge in [0.15, 0.2) is 0 Å². The van der Waals surface area contributed by atoms with Crippen molar-refractivity contribution in [3.05, 3.63) is 23.9 Å². The number of alkyl halides is 3. The monoisotopic (exact) mass is 395 g/mol. The van der Waals surface area contributed by atoms with E-state index in [2.05, 4.69) is 10.3 Å². The molecular weight excluding hydrogens is 375 g/mol. The average Bonchev–Trinajstić information content (AvgIpc) is 3.36.